The zero-order chi connectivity index (χ0) is 24.7. The van der Waals surface area contributed by atoms with Crippen molar-refractivity contribution >= 4 is 41.2 Å². The lowest BCUT2D eigenvalue weighted by molar-refractivity contribution is -0.152. The molecule has 2 aliphatic rings. The van der Waals surface area contributed by atoms with Crippen LogP contribution in [0.1, 0.15) is 55.3 Å². The molecular formula is C24H21N3O7. The third-order valence-corrected chi connectivity index (χ3v) is 5.70. The molecule has 1 N–H and O–H groups in total. The van der Waals surface area contributed by atoms with E-state index in [-0.39, 0.29) is 27.9 Å². The molecule has 0 fully saturated rings. The van der Waals surface area contributed by atoms with E-state index < -0.39 is 54.1 Å². The molecule has 174 valence electrons. The van der Waals surface area contributed by atoms with Crippen molar-refractivity contribution < 1.29 is 33.5 Å². The van der Waals surface area contributed by atoms with Gasteiger partial charge in [0.25, 0.3) is 29.5 Å². The second kappa shape index (κ2) is 8.54. The molecule has 0 saturated heterocycles. The van der Waals surface area contributed by atoms with Crippen LogP contribution in [0.5, 0.6) is 0 Å². The number of hydrogen-bond donors (Lipinski definition) is 1. The molecule has 2 aromatic rings. The normalized spacial score (nSPS) is 15.5. The molecule has 10 heteroatoms. The van der Waals surface area contributed by atoms with Gasteiger partial charge in [-0.2, -0.15) is 0 Å². The Hall–Kier alpha value is -4.34. The van der Waals surface area contributed by atoms with Crippen molar-refractivity contribution in [2.24, 2.45) is 5.92 Å². The van der Waals surface area contributed by atoms with Crippen LogP contribution in [0.4, 0.5) is 5.69 Å². The molecule has 0 aromatic heterocycles. The average molecular weight is 463 g/mol. The van der Waals surface area contributed by atoms with Gasteiger partial charge in [-0.25, -0.2) is 4.79 Å². The molecule has 0 radical (unpaired) electrons. The van der Waals surface area contributed by atoms with Crippen molar-refractivity contribution in [2.75, 3.05) is 19.0 Å². The van der Waals surface area contributed by atoms with E-state index in [0.29, 0.717) is 0 Å². The van der Waals surface area contributed by atoms with Gasteiger partial charge in [0.15, 0.2) is 6.61 Å². The maximum absolute atomic E-state index is 12.8. The topological polar surface area (TPSA) is 130 Å². The zero-order valence-corrected chi connectivity index (χ0v) is 18.7. The highest BCUT2D eigenvalue weighted by Crippen LogP contribution is 2.28. The predicted octanol–water partition coefficient (Wildman–Crippen LogP) is 1.71. The van der Waals surface area contributed by atoms with E-state index in [1.54, 1.807) is 26.0 Å². The number of nitrogens with zero attached hydrogens (tertiary/aromatic N) is 2. The second-order valence-electron chi connectivity index (χ2n) is 8.30. The standard InChI is InChI=1S/C24H21N3O7/c1-12(2)19(27-22(31)14-6-4-5-7-15(14)23(27)32)24(33)34-11-18(28)25-13-8-9-16-17(10-13)21(30)26(3)20(16)29/h4-10,12,19H,11H2,1-3H3,(H,25,28). The van der Waals surface area contributed by atoms with Crippen LogP contribution in [-0.4, -0.2) is 65.0 Å². The first-order chi connectivity index (χ1) is 16.1. The Morgan fingerprint density at radius 3 is 2.00 bits per heavy atom. The van der Waals surface area contributed by atoms with Gasteiger partial charge in [0.2, 0.25) is 0 Å². The molecule has 0 bridgehead atoms. The van der Waals surface area contributed by atoms with Gasteiger partial charge < -0.3 is 10.1 Å². The Kier molecular flexibility index (Phi) is 5.74. The number of ether oxygens (including phenoxy) is 1. The van der Waals surface area contributed by atoms with E-state index >= 15 is 0 Å². The number of benzene rings is 2. The van der Waals surface area contributed by atoms with Gasteiger partial charge in [-0.15, -0.1) is 0 Å². The van der Waals surface area contributed by atoms with Crippen molar-refractivity contribution in [3.05, 3.63) is 64.7 Å². The summed E-state index contributed by atoms with van der Waals surface area (Å²) in [6, 6.07) is 9.32. The van der Waals surface area contributed by atoms with Crippen molar-refractivity contribution in [3.8, 4) is 0 Å². The van der Waals surface area contributed by atoms with Crippen LogP contribution in [0, 0.1) is 5.92 Å². The van der Waals surface area contributed by atoms with E-state index in [0.717, 1.165) is 9.80 Å². The van der Waals surface area contributed by atoms with E-state index in [4.69, 9.17) is 4.74 Å². The fourth-order valence-electron chi connectivity index (χ4n) is 3.99. The van der Waals surface area contributed by atoms with Gasteiger partial charge in [-0.1, -0.05) is 26.0 Å². The van der Waals surface area contributed by atoms with Gasteiger partial charge in [-0.3, -0.25) is 33.8 Å². The quantitative estimate of drug-likeness (QED) is 0.510. The number of carbonyl (C=O) groups is 6. The summed E-state index contributed by atoms with van der Waals surface area (Å²) in [5.41, 5.74) is 1.06. The lowest BCUT2D eigenvalue weighted by Crippen LogP contribution is -2.49. The lowest BCUT2D eigenvalue weighted by Gasteiger charge is -2.27. The summed E-state index contributed by atoms with van der Waals surface area (Å²) in [5, 5.41) is 2.50. The molecule has 10 nitrogen and oxygen atoms in total. The minimum atomic E-state index is -1.21. The van der Waals surface area contributed by atoms with Crippen LogP contribution >= 0.6 is 0 Å². The molecule has 2 aliphatic heterocycles. The first kappa shape index (κ1) is 22.8. The molecule has 0 aliphatic carbocycles. The largest absolute Gasteiger partial charge is 0.454 e. The Morgan fingerprint density at radius 1 is 0.853 bits per heavy atom. The fourth-order valence-corrected chi connectivity index (χ4v) is 3.99. The van der Waals surface area contributed by atoms with Crippen LogP contribution in [0.3, 0.4) is 0 Å². The number of esters is 1. The summed E-state index contributed by atoms with van der Waals surface area (Å²) in [6.45, 7) is 2.65. The number of imide groups is 2. The van der Waals surface area contributed by atoms with Crippen molar-refractivity contribution in [2.45, 2.75) is 19.9 Å². The molecule has 0 spiro atoms. The van der Waals surface area contributed by atoms with Gasteiger partial charge in [0.1, 0.15) is 6.04 Å². The third kappa shape index (κ3) is 3.72. The molecule has 2 heterocycles. The van der Waals surface area contributed by atoms with E-state index in [2.05, 4.69) is 5.32 Å². The Bertz CT molecular complexity index is 1230. The Morgan fingerprint density at radius 2 is 1.41 bits per heavy atom. The first-order valence-corrected chi connectivity index (χ1v) is 10.5. The minimum Gasteiger partial charge on any atom is -0.454 e. The summed E-state index contributed by atoms with van der Waals surface area (Å²) in [4.78, 5) is 76.6. The van der Waals surface area contributed by atoms with Crippen LogP contribution < -0.4 is 5.32 Å². The monoisotopic (exact) mass is 463 g/mol. The van der Waals surface area contributed by atoms with Crippen molar-refractivity contribution in [1.82, 2.24) is 9.80 Å². The summed E-state index contributed by atoms with van der Waals surface area (Å²) >= 11 is 0. The summed E-state index contributed by atoms with van der Waals surface area (Å²) in [6.07, 6.45) is 0. The number of hydrogen-bond acceptors (Lipinski definition) is 7. The van der Waals surface area contributed by atoms with Gasteiger partial charge in [-0.05, 0) is 36.2 Å². The second-order valence-corrected chi connectivity index (χ2v) is 8.30. The highest BCUT2D eigenvalue weighted by atomic mass is 16.5. The number of amides is 5. The number of carbonyl (C=O) groups excluding carboxylic acids is 6. The molecular weight excluding hydrogens is 442 g/mol. The number of rotatable bonds is 6. The van der Waals surface area contributed by atoms with Gasteiger partial charge >= 0.3 is 5.97 Å². The molecule has 5 amide bonds. The maximum atomic E-state index is 12.8. The van der Waals surface area contributed by atoms with E-state index in [1.807, 2.05) is 0 Å². The van der Waals surface area contributed by atoms with Crippen LogP contribution in [0.25, 0.3) is 0 Å². The van der Waals surface area contributed by atoms with Crippen molar-refractivity contribution in [3.63, 3.8) is 0 Å². The lowest BCUT2D eigenvalue weighted by atomic mass is 10.0. The molecule has 34 heavy (non-hydrogen) atoms. The fraction of sp³-hybridized carbons (Fsp3) is 0.250. The van der Waals surface area contributed by atoms with Crippen LogP contribution in [-0.2, 0) is 14.3 Å². The maximum Gasteiger partial charge on any atom is 0.330 e. The number of fused-ring (bicyclic) bond motifs is 2. The van der Waals surface area contributed by atoms with E-state index in [1.165, 1.54) is 37.4 Å². The highest BCUT2D eigenvalue weighted by Gasteiger charge is 2.44. The SMILES string of the molecule is CC(C)C(C(=O)OCC(=O)Nc1ccc2c(c1)C(=O)N(C)C2=O)N1C(=O)c2ccccc2C1=O. The molecule has 1 atom stereocenters. The summed E-state index contributed by atoms with van der Waals surface area (Å²) in [7, 11) is 1.36. The highest BCUT2D eigenvalue weighted by molar-refractivity contribution is 6.23. The van der Waals surface area contributed by atoms with Crippen LogP contribution in [0.15, 0.2) is 42.5 Å². The molecule has 1 unspecified atom stereocenters. The Balaban J connectivity index is 1.42. The number of anilines is 1. The zero-order valence-electron chi connectivity index (χ0n) is 18.7. The first-order valence-electron chi connectivity index (χ1n) is 10.5. The molecule has 2 aromatic carbocycles. The summed E-state index contributed by atoms with van der Waals surface area (Å²) in [5.74, 6) is -4.15. The third-order valence-electron chi connectivity index (χ3n) is 5.70. The van der Waals surface area contributed by atoms with Gasteiger partial charge in [0, 0.05) is 12.7 Å². The minimum absolute atomic E-state index is 0.160. The smallest absolute Gasteiger partial charge is 0.330 e. The predicted molar refractivity (Wildman–Crippen MR) is 118 cm³/mol. The molecule has 0 saturated carbocycles. The van der Waals surface area contributed by atoms with Crippen LogP contribution in [0.2, 0.25) is 0 Å². The Labute approximate surface area is 194 Å². The summed E-state index contributed by atoms with van der Waals surface area (Å²) < 4.78 is 5.13. The molecule has 4 rings (SSSR count). The van der Waals surface area contributed by atoms with Gasteiger partial charge in [0.05, 0.1) is 22.3 Å². The average Bonchev–Trinajstić information content (AvgIpc) is 3.18. The van der Waals surface area contributed by atoms with Crippen molar-refractivity contribution in [1.29, 1.82) is 0 Å². The number of nitrogens with one attached hydrogen (secondary N) is 1. The van der Waals surface area contributed by atoms with E-state index in [9.17, 15) is 28.8 Å².